The molecule has 3 aromatic rings. The number of nitrogens with zero attached hydrogens (tertiary/aromatic N) is 5. The molecule has 2 fully saturated rings. The smallest absolute Gasteiger partial charge is 0.437 e. The van der Waals surface area contributed by atoms with Gasteiger partial charge in [-0.05, 0) is 67.9 Å². The first-order chi connectivity index (χ1) is 20.6. The highest BCUT2D eigenvalue weighted by molar-refractivity contribution is 5.89. The predicted molar refractivity (Wildman–Crippen MR) is 152 cm³/mol. The van der Waals surface area contributed by atoms with Crippen LogP contribution in [0.5, 0.6) is 5.75 Å². The number of hydrogen-bond donors (Lipinski definition) is 0. The van der Waals surface area contributed by atoms with E-state index >= 15 is 4.48 Å². The maximum Gasteiger partial charge on any atom is 0.437 e. The third-order valence-corrected chi connectivity index (χ3v) is 7.86. The van der Waals surface area contributed by atoms with Gasteiger partial charge < -0.3 is 23.7 Å². The number of alkyl halides is 3. The molecule has 2 aromatic heterocycles. The van der Waals surface area contributed by atoms with Crippen LogP contribution in [0.2, 0.25) is 0 Å². The van der Waals surface area contributed by atoms with E-state index in [0.717, 1.165) is 25.7 Å². The fourth-order valence-corrected chi connectivity index (χ4v) is 5.47. The average Bonchev–Trinajstić information content (AvgIpc) is 3.45. The van der Waals surface area contributed by atoms with Crippen LogP contribution in [0.25, 0.3) is 0 Å². The molecule has 13 heteroatoms. The van der Waals surface area contributed by atoms with E-state index in [-0.39, 0.29) is 16.8 Å². The minimum absolute atomic E-state index is 0.0129. The first-order valence-electron chi connectivity index (χ1n) is 14.4. The summed E-state index contributed by atoms with van der Waals surface area (Å²) in [6, 6.07) is 9.87. The van der Waals surface area contributed by atoms with Gasteiger partial charge in [0, 0.05) is 26.2 Å². The second kappa shape index (κ2) is 13.1. The van der Waals surface area contributed by atoms with Crippen molar-refractivity contribution in [3.8, 4) is 5.75 Å². The Bertz CT molecular complexity index is 1380. The number of methoxy groups -OCH3 is 1. The number of anilines is 3. The second-order valence-corrected chi connectivity index (χ2v) is 11.1. The summed E-state index contributed by atoms with van der Waals surface area (Å²) in [5, 5.41) is 0.188. The molecule has 1 atom stereocenters. The molecule has 0 spiro atoms. The normalized spacial score (nSPS) is 18.0. The van der Waals surface area contributed by atoms with Crippen LogP contribution in [0.3, 0.4) is 0 Å². The number of rotatable bonds is 9. The molecule has 0 saturated carbocycles. The van der Waals surface area contributed by atoms with E-state index < -0.39 is 30.1 Å². The summed E-state index contributed by atoms with van der Waals surface area (Å²) in [4.78, 5) is 23.6. The molecule has 4 heterocycles. The fourth-order valence-electron chi connectivity index (χ4n) is 5.47. The second-order valence-electron chi connectivity index (χ2n) is 11.1. The Labute approximate surface area is 247 Å². The molecule has 2 aliphatic rings. The highest BCUT2D eigenvalue weighted by atomic mass is 19.4. The summed E-state index contributed by atoms with van der Waals surface area (Å²) in [5.74, 6) is 0.865. The Hall–Kier alpha value is -4.03. The van der Waals surface area contributed by atoms with Crippen molar-refractivity contribution in [3.05, 3.63) is 59.6 Å². The summed E-state index contributed by atoms with van der Waals surface area (Å²) >= 11 is 0. The highest BCUT2D eigenvalue weighted by Crippen LogP contribution is 2.36. The molecule has 43 heavy (non-hydrogen) atoms. The Morgan fingerprint density at radius 1 is 1.12 bits per heavy atom. The molecule has 1 unspecified atom stereocenters. The lowest BCUT2D eigenvalue weighted by Gasteiger charge is -2.32. The van der Waals surface area contributed by atoms with Crippen LogP contribution >= 0.6 is 0 Å². The number of oxazole rings is 1. The number of esters is 1. The fraction of sp³-hybridized carbons (Fsp3) is 0.500. The van der Waals surface area contributed by atoms with E-state index in [4.69, 9.17) is 13.9 Å². The van der Waals surface area contributed by atoms with Gasteiger partial charge in [-0.1, -0.05) is 17.5 Å². The van der Waals surface area contributed by atoms with Crippen molar-refractivity contribution in [1.82, 2.24) is 9.97 Å². The predicted octanol–water partition coefficient (Wildman–Crippen LogP) is 6.30. The van der Waals surface area contributed by atoms with E-state index in [1.54, 1.807) is 35.2 Å². The minimum atomic E-state index is -4.77. The molecule has 1 aromatic carbocycles. The number of carbonyl (C=O) groups is 1. The number of pyridine rings is 1. The zero-order valence-electron chi connectivity index (χ0n) is 24.1. The molecule has 2 aliphatic heterocycles. The number of hydrogen-bond acceptors (Lipinski definition) is 9. The van der Waals surface area contributed by atoms with Crippen LogP contribution in [0.15, 0.2) is 47.0 Å². The van der Waals surface area contributed by atoms with E-state index in [0.29, 0.717) is 61.8 Å². The number of benzene rings is 1. The lowest BCUT2D eigenvalue weighted by Crippen LogP contribution is -2.36. The monoisotopic (exact) mass is 605 g/mol. The molecule has 0 radical (unpaired) electrons. The zero-order chi connectivity index (χ0) is 30.6. The van der Waals surface area contributed by atoms with E-state index in [2.05, 4.69) is 14.9 Å². The standard InChI is InChI=1S/C30H35F4N5O4/c1-20-5-4-12-38(17-20)29-36-27(30(31,32)33)25(43-29)18-39(34)23-8-9-26(35-16-23)37-13-10-21(11-14-37)19-42-24-7-3-6-22(15-24)28(40)41-2/h3,6-9,15-16,20-21H,4-5,10-14,17-19H2,1-2H3. The van der Waals surface area contributed by atoms with Crippen LogP contribution < -0.4 is 19.7 Å². The van der Waals surface area contributed by atoms with Gasteiger partial charge in [0.15, 0.2) is 11.5 Å². The molecule has 232 valence electrons. The highest BCUT2D eigenvalue weighted by Gasteiger charge is 2.40. The van der Waals surface area contributed by atoms with Gasteiger partial charge in [-0.25, -0.2) is 14.9 Å². The summed E-state index contributed by atoms with van der Waals surface area (Å²) < 4.78 is 72.4. The molecule has 0 aliphatic carbocycles. The third kappa shape index (κ3) is 7.49. The molecule has 9 nitrogen and oxygen atoms in total. The Kier molecular flexibility index (Phi) is 9.26. The van der Waals surface area contributed by atoms with Gasteiger partial charge in [0.05, 0.1) is 31.2 Å². The Morgan fingerprint density at radius 2 is 1.91 bits per heavy atom. The van der Waals surface area contributed by atoms with Crippen LogP contribution in [0.1, 0.15) is 54.4 Å². The lowest BCUT2D eigenvalue weighted by atomic mass is 9.98. The van der Waals surface area contributed by atoms with Crippen LogP contribution in [-0.4, -0.2) is 55.8 Å². The maximum absolute atomic E-state index is 15.1. The maximum atomic E-state index is 15.1. The lowest BCUT2D eigenvalue weighted by molar-refractivity contribution is -0.142. The number of carbonyl (C=O) groups excluding carboxylic acids is 1. The van der Waals surface area contributed by atoms with Crippen molar-refractivity contribution in [2.45, 2.75) is 45.3 Å². The minimum Gasteiger partial charge on any atom is -0.493 e. The van der Waals surface area contributed by atoms with Crippen molar-refractivity contribution < 1.29 is 36.3 Å². The molecular formula is C30H35F4N5O4. The molecular weight excluding hydrogens is 570 g/mol. The van der Waals surface area contributed by atoms with Crippen molar-refractivity contribution in [2.75, 3.05) is 54.8 Å². The quantitative estimate of drug-likeness (QED) is 0.159. The van der Waals surface area contributed by atoms with Crippen molar-refractivity contribution in [2.24, 2.45) is 11.8 Å². The van der Waals surface area contributed by atoms with Gasteiger partial charge in [0.1, 0.15) is 18.1 Å². The Morgan fingerprint density at radius 3 is 2.58 bits per heavy atom. The van der Waals surface area contributed by atoms with Crippen molar-refractivity contribution in [3.63, 3.8) is 0 Å². The van der Waals surface area contributed by atoms with Crippen LogP contribution in [0, 0.1) is 11.8 Å². The van der Waals surface area contributed by atoms with Gasteiger partial charge >= 0.3 is 12.1 Å². The molecule has 2 saturated heterocycles. The summed E-state index contributed by atoms with van der Waals surface area (Å²) in [5.41, 5.74) is -0.774. The van der Waals surface area contributed by atoms with Gasteiger partial charge in [-0.15, -0.1) is 0 Å². The van der Waals surface area contributed by atoms with E-state index in [1.165, 1.54) is 19.4 Å². The molecule has 0 N–H and O–H groups in total. The topological polar surface area (TPSA) is 84.2 Å². The van der Waals surface area contributed by atoms with Gasteiger partial charge in [0.2, 0.25) is 0 Å². The number of aromatic nitrogens is 2. The van der Waals surface area contributed by atoms with Crippen molar-refractivity contribution in [1.29, 1.82) is 0 Å². The number of ether oxygens (including phenoxy) is 2. The zero-order valence-corrected chi connectivity index (χ0v) is 24.1. The van der Waals surface area contributed by atoms with E-state index in [1.807, 2.05) is 6.92 Å². The van der Waals surface area contributed by atoms with Crippen LogP contribution in [-0.2, 0) is 17.5 Å². The summed E-state index contributed by atoms with van der Waals surface area (Å²) in [6.45, 7) is 4.29. The van der Waals surface area contributed by atoms with Crippen LogP contribution in [0.4, 0.5) is 35.2 Å². The SMILES string of the molecule is COC(=O)c1cccc(OCC2CCN(c3ccc(N(F)Cc4oc(N5CCCC(C)C5)nc4C(F)(F)F)cn3)CC2)c1. The largest absolute Gasteiger partial charge is 0.493 e. The number of piperidine rings is 2. The van der Waals surface area contributed by atoms with E-state index in [9.17, 15) is 18.0 Å². The molecule has 5 rings (SSSR count). The Balaban J connectivity index is 1.15. The van der Waals surface area contributed by atoms with Gasteiger partial charge in [0.25, 0.3) is 6.01 Å². The summed E-state index contributed by atoms with van der Waals surface area (Å²) in [6.07, 6.45) is 0.0320. The average molecular weight is 606 g/mol. The molecule has 0 bridgehead atoms. The molecule has 0 amide bonds. The van der Waals surface area contributed by atoms with Crippen molar-refractivity contribution >= 4 is 23.5 Å². The van der Waals surface area contributed by atoms with Gasteiger partial charge in [-0.3, -0.25) is 0 Å². The first kappa shape index (κ1) is 30.4. The summed E-state index contributed by atoms with van der Waals surface area (Å²) in [7, 11) is 1.33. The van der Waals surface area contributed by atoms with Gasteiger partial charge in [-0.2, -0.15) is 18.2 Å². The first-order valence-corrected chi connectivity index (χ1v) is 14.4. The number of halogens is 4. The third-order valence-electron chi connectivity index (χ3n) is 7.86.